The quantitative estimate of drug-likeness (QED) is 0.832. The van der Waals surface area contributed by atoms with Crippen LogP contribution in [0.1, 0.15) is 19.4 Å². The van der Waals surface area contributed by atoms with Crippen molar-refractivity contribution in [1.29, 1.82) is 0 Å². The van der Waals surface area contributed by atoms with Crippen molar-refractivity contribution in [2.24, 2.45) is 0 Å². The first kappa shape index (κ1) is 15.2. The van der Waals surface area contributed by atoms with Gasteiger partial charge in [0.05, 0.1) is 6.61 Å². The number of benzene rings is 1. The Bertz CT molecular complexity index is 465. The van der Waals surface area contributed by atoms with Gasteiger partial charge in [-0.1, -0.05) is 12.1 Å². The van der Waals surface area contributed by atoms with Crippen LogP contribution in [0.5, 0.6) is 0 Å². The first-order valence-corrected chi connectivity index (χ1v) is 6.93. The Morgan fingerprint density at radius 2 is 2.05 bits per heavy atom. The first-order chi connectivity index (χ1) is 9.44. The number of ether oxygens (including phenoxy) is 2. The van der Waals surface area contributed by atoms with E-state index in [1.807, 2.05) is 13.8 Å². The number of hydrogen-bond acceptors (Lipinski definition) is 3. The highest BCUT2D eigenvalue weighted by molar-refractivity contribution is 7.80. The molecule has 2 rings (SSSR count). The zero-order valence-corrected chi connectivity index (χ0v) is 12.4. The maximum atomic E-state index is 12.8. The molecule has 1 heterocycles. The summed E-state index contributed by atoms with van der Waals surface area (Å²) in [4.78, 5) is 0. The smallest absolute Gasteiger partial charge is 0.166 e. The summed E-state index contributed by atoms with van der Waals surface area (Å²) in [5.74, 6) is -0.759. The Morgan fingerprint density at radius 3 is 2.65 bits per heavy atom. The van der Waals surface area contributed by atoms with Crippen LogP contribution in [-0.2, 0) is 16.0 Å². The van der Waals surface area contributed by atoms with Gasteiger partial charge in [-0.2, -0.15) is 0 Å². The minimum atomic E-state index is -0.518. The molecule has 1 saturated heterocycles. The third-order valence-corrected chi connectivity index (χ3v) is 3.21. The van der Waals surface area contributed by atoms with Gasteiger partial charge in [0.2, 0.25) is 0 Å². The fourth-order valence-electron chi connectivity index (χ4n) is 1.92. The van der Waals surface area contributed by atoms with Crippen molar-refractivity contribution in [2.75, 3.05) is 13.2 Å². The predicted octanol–water partition coefficient (Wildman–Crippen LogP) is 1.94. The van der Waals surface area contributed by atoms with Crippen LogP contribution in [0.25, 0.3) is 0 Å². The molecule has 110 valence electrons. The SMILES string of the molecule is CC1(C)OCC(CNC(=S)NCc2ccc(F)cc2)O1. The van der Waals surface area contributed by atoms with E-state index < -0.39 is 5.79 Å². The van der Waals surface area contributed by atoms with Crippen LogP contribution in [0.3, 0.4) is 0 Å². The lowest BCUT2D eigenvalue weighted by atomic mass is 10.2. The Hall–Kier alpha value is -1.24. The summed E-state index contributed by atoms with van der Waals surface area (Å²) in [5.41, 5.74) is 0.970. The molecule has 0 aromatic heterocycles. The van der Waals surface area contributed by atoms with Gasteiger partial charge in [-0.3, -0.25) is 0 Å². The summed E-state index contributed by atoms with van der Waals surface area (Å²) >= 11 is 5.18. The molecule has 1 aliphatic heterocycles. The maximum absolute atomic E-state index is 12.8. The second-order valence-corrected chi connectivity index (χ2v) is 5.55. The van der Waals surface area contributed by atoms with Crippen LogP contribution in [0, 0.1) is 5.82 Å². The minimum absolute atomic E-state index is 0.00410. The monoisotopic (exact) mass is 298 g/mol. The van der Waals surface area contributed by atoms with Gasteiger partial charge in [0.25, 0.3) is 0 Å². The van der Waals surface area contributed by atoms with E-state index in [-0.39, 0.29) is 11.9 Å². The van der Waals surface area contributed by atoms with E-state index in [1.54, 1.807) is 12.1 Å². The summed E-state index contributed by atoms with van der Waals surface area (Å²) in [5, 5.41) is 6.69. The normalized spacial score (nSPS) is 20.6. The molecule has 4 nitrogen and oxygen atoms in total. The summed E-state index contributed by atoms with van der Waals surface area (Å²) in [6, 6.07) is 6.31. The van der Waals surface area contributed by atoms with Gasteiger partial charge >= 0.3 is 0 Å². The number of thiocarbonyl (C=S) groups is 1. The molecule has 1 aliphatic rings. The van der Waals surface area contributed by atoms with Crippen LogP contribution in [0.15, 0.2) is 24.3 Å². The molecule has 0 radical (unpaired) electrons. The fourth-order valence-corrected chi connectivity index (χ4v) is 2.07. The maximum Gasteiger partial charge on any atom is 0.166 e. The number of halogens is 1. The van der Waals surface area contributed by atoms with E-state index in [9.17, 15) is 4.39 Å². The third kappa shape index (κ3) is 4.70. The molecule has 0 saturated carbocycles. The molecule has 0 amide bonds. The molecule has 0 spiro atoms. The highest BCUT2D eigenvalue weighted by Gasteiger charge is 2.32. The molecule has 1 fully saturated rings. The van der Waals surface area contributed by atoms with Crippen molar-refractivity contribution < 1.29 is 13.9 Å². The molecule has 1 aromatic rings. The van der Waals surface area contributed by atoms with Gasteiger partial charge in [-0.25, -0.2) is 4.39 Å². The second-order valence-electron chi connectivity index (χ2n) is 5.14. The van der Waals surface area contributed by atoms with Crippen LogP contribution in [-0.4, -0.2) is 30.2 Å². The van der Waals surface area contributed by atoms with Crippen molar-refractivity contribution in [3.8, 4) is 0 Å². The molecule has 1 unspecified atom stereocenters. The first-order valence-electron chi connectivity index (χ1n) is 6.52. The number of hydrogen-bond donors (Lipinski definition) is 2. The average molecular weight is 298 g/mol. The lowest BCUT2D eigenvalue weighted by Crippen LogP contribution is -2.40. The van der Waals surface area contributed by atoms with E-state index in [1.165, 1.54) is 12.1 Å². The molecule has 2 N–H and O–H groups in total. The van der Waals surface area contributed by atoms with Crippen LogP contribution in [0.4, 0.5) is 4.39 Å². The van der Waals surface area contributed by atoms with E-state index in [4.69, 9.17) is 21.7 Å². The highest BCUT2D eigenvalue weighted by atomic mass is 32.1. The summed E-state index contributed by atoms with van der Waals surface area (Å²) in [6.45, 7) is 5.48. The van der Waals surface area contributed by atoms with Crippen molar-refractivity contribution >= 4 is 17.3 Å². The van der Waals surface area contributed by atoms with E-state index >= 15 is 0 Å². The molecule has 1 atom stereocenters. The van der Waals surface area contributed by atoms with Gasteiger partial charge < -0.3 is 20.1 Å². The van der Waals surface area contributed by atoms with Gasteiger partial charge in [0.15, 0.2) is 10.9 Å². The molecular formula is C14H19FN2O2S. The van der Waals surface area contributed by atoms with Crippen LogP contribution < -0.4 is 10.6 Å². The molecule has 0 bridgehead atoms. The van der Waals surface area contributed by atoms with Crippen LogP contribution >= 0.6 is 12.2 Å². The predicted molar refractivity (Wildman–Crippen MR) is 78.7 cm³/mol. The van der Waals surface area contributed by atoms with Crippen molar-refractivity contribution in [3.63, 3.8) is 0 Å². The molecule has 0 aliphatic carbocycles. The number of nitrogens with one attached hydrogen (secondary N) is 2. The summed E-state index contributed by atoms with van der Waals surface area (Å²) < 4.78 is 23.9. The van der Waals surface area contributed by atoms with Crippen LogP contribution in [0.2, 0.25) is 0 Å². The third-order valence-electron chi connectivity index (χ3n) is 2.92. The Labute approximate surface area is 123 Å². The molecule has 6 heteroatoms. The minimum Gasteiger partial charge on any atom is -0.360 e. The van der Waals surface area contributed by atoms with Gasteiger partial charge in [0, 0.05) is 13.1 Å². The lowest BCUT2D eigenvalue weighted by molar-refractivity contribution is -0.137. The Morgan fingerprint density at radius 1 is 1.35 bits per heavy atom. The standard InChI is InChI=1S/C14H19FN2O2S/c1-14(2)18-9-12(19-14)8-17-13(20)16-7-10-3-5-11(15)6-4-10/h3-6,12H,7-9H2,1-2H3,(H2,16,17,20). The molecule has 20 heavy (non-hydrogen) atoms. The zero-order valence-electron chi connectivity index (χ0n) is 11.6. The molecular weight excluding hydrogens is 279 g/mol. The largest absolute Gasteiger partial charge is 0.360 e. The zero-order chi connectivity index (χ0) is 14.6. The number of rotatable bonds is 4. The van der Waals surface area contributed by atoms with Gasteiger partial charge in [-0.05, 0) is 43.8 Å². The summed E-state index contributed by atoms with van der Waals surface area (Å²) in [7, 11) is 0. The Balaban J connectivity index is 1.67. The van der Waals surface area contributed by atoms with Crippen molar-refractivity contribution in [3.05, 3.63) is 35.6 Å². The van der Waals surface area contributed by atoms with Crippen molar-refractivity contribution in [2.45, 2.75) is 32.3 Å². The van der Waals surface area contributed by atoms with Crippen molar-refractivity contribution in [1.82, 2.24) is 10.6 Å². The van der Waals surface area contributed by atoms with E-state index in [0.717, 1.165) is 5.56 Å². The second kappa shape index (κ2) is 6.47. The highest BCUT2D eigenvalue weighted by Crippen LogP contribution is 2.21. The Kier molecular flexibility index (Phi) is 4.91. The summed E-state index contributed by atoms with van der Waals surface area (Å²) in [6.07, 6.45) is -0.00410. The van der Waals surface area contributed by atoms with Gasteiger partial charge in [0.1, 0.15) is 11.9 Å². The fraction of sp³-hybridized carbons (Fsp3) is 0.500. The van der Waals surface area contributed by atoms with E-state index in [2.05, 4.69) is 10.6 Å². The van der Waals surface area contributed by atoms with E-state index in [0.29, 0.717) is 24.8 Å². The lowest BCUT2D eigenvalue weighted by Gasteiger charge is -2.18. The average Bonchev–Trinajstić information content (AvgIpc) is 2.75. The van der Waals surface area contributed by atoms with Gasteiger partial charge in [-0.15, -0.1) is 0 Å². The topological polar surface area (TPSA) is 42.5 Å². The molecule has 1 aromatic carbocycles.